The molecule has 2 amide bonds. The van der Waals surface area contributed by atoms with Crippen LogP contribution < -0.4 is 0 Å². The molecule has 2 rings (SSSR count). The second-order valence-corrected chi connectivity index (χ2v) is 6.94. The zero-order valence-electron chi connectivity index (χ0n) is 12.8. The lowest BCUT2D eigenvalue weighted by molar-refractivity contribution is -0.145. The summed E-state index contributed by atoms with van der Waals surface area (Å²) in [6.07, 6.45) is 4.70. The van der Waals surface area contributed by atoms with E-state index >= 15 is 0 Å². The first-order valence-electron chi connectivity index (χ1n) is 7.94. The smallest absolute Gasteiger partial charge is 0.308 e. The molecular formula is C15H24N2O4S. The van der Waals surface area contributed by atoms with Gasteiger partial charge in [0, 0.05) is 26.2 Å². The molecule has 2 aliphatic heterocycles. The summed E-state index contributed by atoms with van der Waals surface area (Å²) in [7, 11) is 0. The van der Waals surface area contributed by atoms with Gasteiger partial charge in [0.05, 0.1) is 17.4 Å². The van der Waals surface area contributed by atoms with Gasteiger partial charge in [0.2, 0.25) is 11.8 Å². The van der Waals surface area contributed by atoms with Crippen LogP contribution in [0.25, 0.3) is 0 Å². The molecule has 7 heteroatoms. The average molecular weight is 328 g/mol. The molecule has 0 radical (unpaired) electrons. The lowest BCUT2D eigenvalue weighted by Gasteiger charge is -2.30. The number of nitrogens with zero attached hydrogens (tertiary/aromatic N) is 2. The molecular weight excluding hydrogens is 304 g/mol. The largest absolute Gasteiger partial charge is 0.481 e. The fraction of sp³-hybridized carbons (Fsp3) is 0.800. The summed E-state index contributed by atoms with van der Waals surface area (Å²) in [5.41, 5.74) is 0. The standard InChI is InChI=1S/C15H24N2O4S/c18-13(16-6-2-1-3-7-16)10-22-11-14(19)17-8-4-5-12(9-17)15(20)21/h12H,1-11H2,(H,20,21). The maximum Gasteiger partial charge on any atom is 0.308 e. The van der Waals surface area contributed by atoms with Gasteiger partial charge in [-0.1, -0.05) is 0 Å². The number of likely N-dealkylation sites (tertiary alicyclic amines) is 2. The summed E-state index contributed by atoms with van der Waals surface area (Å²) >= 11 is 1.34. The lowest BCUT2D eigenvalue weighted by atomic mass is 9.98. The van der Waals surface area contributed by atoms with Crippen LogP contribution in [0.2, 0.25) is 0 Å². The molecule has 2 fully saturated rings. The maximum absolute atomic E-state index is 12.1. The third-order valence-corrected chi connectivity index (χ3v) is 5.19. The van der Waals surface area contributed by atoms with Crippen LogP contribution in [-0.2, 0) is 14.4 Å². The highest BCUT2D eigenvalue weighted by atomic mass is 32.2. The molecule has 22 heavy (non-hydrogen) atoms. The Morgan fingerprint density at radius 3 is 2.14 bits per heavy atom. The number of carboxylic acid groups (broad SMARTS) is 1. The minimum absolute atomic E-state index is 0.0533. The zero-order chi connectivity index (χ0) is 15.9. The molecule has 1 atom stereocenters. The molecule has 6 nitrogen and oxygen atoms in total. The molecule has 124 valence electrons. The molecule has 2 aliphatic rings. The van der Waals surface area contributed by atoms with E-state index in [2.05, 4.69) is 0 Å². The van der Waals surface area contributed by atoms with Gasteiger partial charge < -0.3 is 14.9 Å². The highest BCUT2D eigenvalue weighted by Gasteiger charge is 2.28. The van der Waals surface area contributed by atoms with E-state index in [1.165, 1.54) is 18.2 Å². The van der Waals surface area contributed by atoms with Gasteiger partial charge in [0.1, 0.15) is 0 Å². The van der Waals surface area contributed by atoms with Gasteiger partial charge >= 0.3 is 5.97 Å². The monoisotopic (exact) mass is 328 g/mol. The van der Waals surface area contributed by atoms with Crippen molar-refractivity contribution >= 4 is 29.5 Å². The molecule has 0 aromatic carbocycles. The number of rotatable bonds is 5. The van der Waals surface area contributed by atoms with Crippen molar-refractivity contribution in [1.29, 1.82) is 0 Å². The molecule has 0 spiro atoms. The number of amides is 2. The van der Waals surface area contributed by atoms with Crippen LogP contribution >= 0.6 is 11.8 Å². The first kappa shape index (κ1) is 17.1. The minimum atomic E-state index is -0.828. The van der Waals surface area contributed by atoms with Gasteiger partial charge in [-0.05, 0) is 32.1 Å². The van der Waals surface area contributed by atoms with Crippen LogP contribution in [0.4, 0.5) is 0 Å². The van der Waals surface area contributed by atoms with E-state index in [9.17, 15) is 14.4 Å². The molecule has 0 aliphatic carbocycles. The van der Waals surface area contributed by atoms with Crippen molar-refractivity contribution in [1.82, 2.24) is 9.80 Å². The molecule has 0 aromatic heterocycles. The minimum Gasteiger partial charge on any atom is -0.481 e. The van der Waals surface area contributed by atoms with E-state index in [-0.39, 0.29) is 17.6 Å². The molecule has 0 saturated carbocycles. The Balaban J connectivity index is 1.68. The number of thioether (sulfide) groups is 1. The predicted octanol–water partition coefficient (Wildman–Crippen LogP) is 1.06. The second kappa shape index (κ2) is 8.41. The highest BCUT2D eigenvalue weighted by Crippen LogP contribution is 2.18. The average Bonchev–Trinajstić information content (AvgIpc) is 2.55. The molecule has 0 aromatic rings. The van der Waals surface area contributed by atoms with Crippen molar-refractivity contribution in [2.24, 2.45) is 5.92 Å². The molecule has 0 bridgehead atoms. The van der Waals surface area contributed by atoms with E-state index in [1.54, 1.807) is 4.90 Å². The molecule has 2 saturated heterocycles. The van der Waals surface area contributed by atoms with E-state index in [1.807, 2.05) is 4.90 Å². The number of hydrogen-bond donors (Lipinski definition) is 1. The predicted molar refractivity (Wildman–Crippen MR) is 84.7 cm³/mol. The highest BCUT2D eigenvalue weighted by molar-refractivity contribution is 8.00. The van der Waals surface area contributed by atoms with Crippen LogP contribution in [0.5, 0.6) is 0 Å². The fourth-order valence-corrected chi connectivity index (χ4v) is 3.77. The Morgan fingerprint density at radius 1 is 0.909 bits per heavy atom. The van der Waals surface area contributed by atoms with Crippen molar-refractivity contribution in [2.75, 3.05) is 37.7 Å². The van der Waals surface area contributed by atoms with Gasteiger partial charge in [-0.25, -0.2) is 0 Å². The SMILES string of the molecule is O=C(O)C1CCCN(C(=O)CSCC(=O)N2CCCCC2)C1. The maximum atomic E-state index is 12.1. The number of aliphatic carboxylic acids is 1. The normalized spacial score (nSPS) is 22.5. The zero-order valence-corrected chi connectivity index (χ0v) is 13.6. The summed E-state index contributed by atoms with van der Waals surface area (Å²) in [5, 5.41) is 9.04. The van der Waals surface area contributed by atoms with Crippen LogP contribution in [-0.4, -0.2) is 70.4 Å². The van der Waals surface area contributed by atoms with Gasteiger partial charge in [0.15, 0.2) is 0 Å². The van der Waals surface area contributed by atoms with Crippen molar-refractivity contribution in [3.8, 4) is 0 Å². The fourth-order valence-electron chi connectivity index (χ4n) is 2.96. The molecule has 2 heterocycles. The first-order chi connectivity index (χ1) is 10.6. The van der Waals surface area contributed by atoms with E-state index in [0.29, 0.717) is 25.3 Å². The van der Waals surface area contributed by atoms with Crippen molar-refractivity contribution in [3.63, 3.8) is 0 Å². The lowest BCUT2D eigenvalue weighted by Crippen LogP contribution is -2.43. The van der Waals surface area contributed by atoms with Crippen LogP contribution in [0.15, 0.2) is 0 Å². The number of hydrogen-bond acceptors (Lipinski definition) is 4. The number of piperidine rings is 2. The van der Waals surface area contributed by atoms with Gasteiger partial charge in [-0.15, -0.1) is 11.8 Å². The summed E-state index contributed by atoms with van der Waals surface area (Å²) in [6, 6.07) is 0. The third kappa shape index (κ3) is 4.90. The van der Waals surface area contributed by atoms with Crippen LogP contribution in [0.3, 0.4) is 0 Å². The Labute approximate surface area is 135 Å². The quantitative estimate of drug-likeness (QED) is 0.816. The van der Waals surface area contributed by atoms with Crippen LogP contribution in [0, 0.1) is 5.92 Å². The van der Waals surface area contributed by atoms with E-state index < -0.39 is 11.9 Å². The van der Waals surface area contributed by atoms with Gasteiger partial charge in [0.25, 0.3) is 0 Å². The summed E-state index contributed by atoms with van der Waals surface area (Å²) in [4.78, 5) is 38.6. The summed E-state index contributed by atoms with van der Waals surface area (Å²) < 4.78 is 0. The number of carbonyl (C=O) groups excluding carboxylic acids is 2. The first-order valence-corrected chi connectivity index (χ1v) is 9.09. The van der Waals surface area contributed by atoms with Crippen molar-refractivity contribution in [3.05, 3.63) is 0 Å². The number of carboxylic acids is 1. The Hall–Kier alpha value is -1.24. The van der Waals surface area contributed by atoms with Crippen molar-refractivity contribution < 1.29 is 19.5 Å². The number of carbonyl (C=O) groups is 3. The Morgan fingerprint density at radius 2 is 1.50 bits per heavy atom. The second-order valence-electron chi connectivity index (χ2n) is 5.95. The topological polar surface area (TPSA) is 77.9 Å². The Bertz CT molecular complexity index is 424. The Kier molecular flexibility index (Phi) is 6.54. The summed E-state index contributed by atoms with van der Waals surface area (Å²) in [5.74, 6) is -0.626. The molecule has 1 N–H and O–H groups in total. The molecule has 1 unspecified atom stereocenters. The van der Waals surface area contributed by atoms with Gasteiger partial charge in [-0.2, -0.15) is 0 Å². The van der Waals surface area contributed by atoms with Crippen LogP contribution in [0.1, 0.15) is 32.1 Å². The van der Waals surface area contributed by atoms with Crippen molar-refractivity contribution in [2.45, 2.75) is 32.1 Å². The van der Waals surface area contributed by atoms with E-state index in [0.717, 1.165) is 32.4 Å². The summed E-state index contributed by atoms with van der Waals surface area (Å²) in [6.45, 7) is 2.59. The third-order valence-electron chi connectivity index (χ3n) is 4.28. The van der Waals surface area contributed by atoms with Gasteiger partial charge in [-0.3, -0.25) is 14.4 Å². The van der Waals surface area contributed by atoms with E-state index in [4.69, 9.17) is 5.11 Å².